The quantitative estimate of drug-likeness (QED) is 0.494. The summed E-state index contributed by atoms with van der Waals surface area (Å²) in [4.78, 5) is 13.8. The fraction of sp³-hybridized carbons (Fsp3) is 0.316. The molecule has 3 aromatic rings. The maximum atomic E-state index is 12.4. The summed E-state index contributed by atoms with van der Waals surface area (Å²) in [5, 5.41) is 11.1. The largest absolute Gasteiger partial charge is 0.373 e. The van der Waals surface area contributed by atoms with E-state index in [4.69, 9.17) is 4.52 Å². The van der Waals surface area contributed by atoms with Gasteiger partial charge in [0, 0.05) is 31.1 Å². The van der Waals surface area contributed by atoms with Gasteiger partial charge in [0.15, 0.2) is 0 Å². The number of hydrogen-bond donors (Lipinski definition) is 1. The van der Waals surface area contributed by atoms with Gasteiger partial charge in [0.2, 0.25) is 21.1 Å². The summed E-state index contributed by atoms with van der Waals surface area (Å²) in [5.41, 5.74) is 1.08. The Kier molecular flexibility index (Phi) is 4.97. The maximum Gasteiger partial charge on any atom is 0.373 e. The molecule has 2 heterocycles. The van der Waals surface area contributed by atoms with Crippen molar-refractivity contribution in [3.05, 3.63) is 48.2 Å². The summed E-state index contributed by atoms with van der Waals surface area (Å²) < 4.78 is 30.3. The number of hydrogen-bond acceptors (Lipinski definition) is 7. The molecule has 1 N–H and O–H groups in total. The number of benzene rings is 2. The SMILES string of the molecule is CC(=O)c1c(Nc2cccc3ccccc23)on[n+]1N1CCN(S(C)(=O)=O)CC1. The van der Waals surface area contributed by atoms with Gasteiger partial charge in [-0.25, -0.2) is 8.42 Å². The van der Waals surface area contributed by atoms with E-state index in [9.17, 15) is 13.2 Å². The van der Waals surface area contributed by atoms with Gasteiger partial charge in [-0.05, 0) is 11.5 Å². The highest BCUT2D eigenvalue weighted by molar-refractivity contribution is 7.88. The van der Waals surface area contributed by atoms with Gasteiger partial charge >= 0.3 is 11.6 Å². The van der Waals surface area contributed by atoms with Crippen LogP contribution >= 0.6 is 0 Å². The first kappa shape index (κ1) is 19.3. The molecule has 0 aliphatic carbocycles. The summed E-state index contributed by atoms with van der Waals surface area (Å²) in [6.45, 7) is 2.89. The van der Waals surface area contributed by atoms with Gasteiger partial charge in [0.05, 0.1) is 24.1 Å². The molecule has 1 aliphatic rings. The van der Waals surface area contributed by atoms with Gasteiger partial charge in [0.1, 0.15) is 0 Å². The highest BCUT2D eigenvalue weighted by Crippen LogP contribution is 2.27. The lowest BCUT2D eigenvalue weighted by Crippen LogP contribution is -2.67. The number of nitrogens with zero attached hydrogens (tertiary/aromatic N) is 4. The van der Waals surface area contributed by atoms with Crippen molar-refractivity contribution in [1.82, 2.24) is 9.58 Å². The third-order valence-electron chi connectivity index (χ3n) is 4.95. The van der Waals surface area contributed by atoms with Crippen LogP contribution in [0, 0.1) is 0 Å². The van der Waals surface area contributed by atoms with E-state index in [0.717, 1.165) is 16.5 Å². The molecule has 0 saturated carbocycles. The number of anilines is 2. The molecule has 0 amide bonds. The Morgan fingerprint density at radius 3 is 2.48 bits per heavy atom. The lowest BCUT2D eigenvalue weighted by Gasteiger charge is -2.28. The molecule has 0 atom stereocenters. The molecule has 1 saturated heterocycles. The number of rotatable bonds is 5. The Hall–Kier alpha value is -2.98. The number of carbonyl (C=O) groups is 1. The number of nitrogens with one attached hydrogen (secondary N) is 1. The van der Waals surface area contributed by atoms with E-state index in [2.05, 4.69) is 10.6 Å². The minimum atomic E-state index is -3.24. The standard InChI is InChI=1S/C19H21N5O4S/c1-14(25)18-19(20-17-9-5-7-15-6-3-4-8-16(15)17)28-21-24(18)22-10-12-23(13-11-22)29(2,26)27/h3-9H,10-13H2,1-2H3/p+1. The minimum Gasteiger partial charge on any atom is -0.317 e. The van der Waals surface area contributed by atoms with Crippen molar-refractivity contribution in [1.29, 1.82) is 0 Å². The molecule has 10 heteroatoms. The van der Waals surface area contributed by atoms with Crippen LogP contribution in [0.4, 0.5) is 11.6 Å². The number of carbonyl (C=O) groups excluding carboxylic acids is 1. The minimum absolute atomic E-state index is 0.209. The molecule has 0 bridgehead atoms. The van der Waals surface area contributed by atoms with Crippen LogP contribution in [0.15, 0.2) is 47.0 Å². The van der Waals surface area contributed by atoms with Gasteiger partial charge in [-0.1, -0.05) is 36.4 Å². The van der Waals surface area contributed by atoms with Crippen LogP contribution in [-0.4, -0.2) is 56.2 Å². The monoisotopic (exact) mass is 416 g/mol. The molecule has 4 rings (SSSR count). The zero-order valence-corrected chi connectivity index (χ0v) is 17.0. The van der Waals surface area contributed by atoms with Crippen molar-refractivity contribution in [3.63, 3.8) is 0 Å². The number of aromatic nitrogens is 2. The summed E-state index contributed by atoms with van der Waals surface area (Å²) in [6, 6.07) is 13.7. The Balaban J connectivity index is 1.63. The normalized spacial score (nSPS) is 15.6. The van der Waals surface area contributed by atoms with Crippen LogP contribution in [-0.2, 0) is 10.0 Å². The smallest absolute Gasteiger partial charge is 0.317 e. The zero-order chi connectivity index (χ0) is 20.6. The molecule has 29 heavy (non-hydrogen) atoms. The van der Waals surface area contributed by atoms with Crippen LogP contribution in [0.5, 0.6) is 0 Å². The average Bonchev–Trinajstić information content (AvgIpc) is 3.11. The lowest BCUT2D eigenvalue weighted by atomic mass is 10.1. The second kappa shape index (κ2) is 7.45. The van der Waals surface area contributed by atoms with Gasteiger partial charge in [-0.3, -0.25) is 9.32 Å². The third kappa shape index (κ3) is 3.81. The van der Waals surface area contributed by atoms with Crippen LogP contribution < -0.4 is 15.1 Å². The fourth-order valence-corrected chi connectivity index (χ4v) is 4.31. The van der Waals surface area contributed by atoms with Crippen molar-refractivity contribution in [3.8, 4) is 0 Å². The second-order valence-electron chi connectivity index (χ2n) is 6.96. The van der Waals surface area contributed by atoms with Crippen LogP contribution in [0.2, 0.25) is 0 Å². The summed E-state index contributed by atoms with van der Waals surface area (Å²) >= 11 is 0. The number of Topliss-reactive ketones (excluding diaryl/α,β-unsaturated/α-hetero) is 1. The third-order valence-corrected chi connectivity index (χ3v) is 6.25. The number of fused-ring (bicyclic) bond motifs is 1. The van der Waals surface area contributed by atoms with Crippen LogP contribution in [0.1, 0.15) is 17.4 Å². The highest BCUT2D eigenvalue weighted by Gasteiger charge is 2.37. The van der Waals surface area contributed by atoms with Crippen molar-refractivity contribution in [2.75, 3.05) is 42.8 Å². The zero-order valence-electron chi connectivity index (χ0n) is 16.2. The molecular formula is C19H22N5O4S+. The Bertz CT molecular complexity index is 1160. The Morgan fingerprint density at radius 2 is 1.79 bits per heavy atom. The van der Waals surface area contributed by atoms with E-state index < -0.39 is 10.0 Å². The molecule has 0 spiro atoms. The van der Waals surface area contributed by atoms with E-state index in [1.807, 2.05) is 42.5 Å². The average molecular weight is 416 g/mol. The Morgan fingerprint density at radius 1 is 1.10 bits per heavy atom. The molecule has 1 aliphatic heterocycles. The predicted molar refractivity (Wildman–Crippen MR) is 108 cm³/mol. The number of sulfonamides is 1. The van der Waals surface area contributed by atoms with Crippen molar-refractivity contribution in [2.45, 2.75) is 6.92 Å². The summed E-state index contributed by atoms with van der Waals surface area (Å²) in [7, 11) is -3.24. The number of piperazine rings is 1. The van der Waals surface area contributed by atoms with Gasteiger partial charge in [-0.2, -0.15) is 4.31 Å². The van der Waals surface area contributed by atoms with E-state index in [-0.39, 0.29) is 17.4 Å². The predicted octanol–water partition coefficient (Wildman–Crippen LogP) is 1.27. The van der Waals surface area contributed by atoms with Crippen molar-refractivity contribution < 1.29 is 22.5 Å². The molecule has 2 aromatic carbocycles. The molecular weight excluding hydrogens is 394 g/mol. The lowest BCUT2D eigenvalue weighted by molar-refractivity contribution is -0.760. The summed E-state index contributed by atoms with van der Waals surface area (Å²) in [5.74, 6) is 0.0407. The maximum absolute atomic E-state index is 12.4. The first-order valence-corrected chi connectivity index (χ1v) is 11.1. The molecule has 9 nitrogen and oxygen atoms in total. The highest BCUT2D eigenvalue weighted by atomic mass is 32.2. The van der Waals surface area contributed by atoms with Crippen LogP contribution in [0.25, 0.3) is 10.8 Å². The van der Waals surface area contributed by atoms with E-state index in [0.29, 0.717) is 26.2 Å². The van der Waals surface area contributed by atoms with Crippen LogP contribution in [0.3, 0.4) is 0 Å². The fourth-order valence-electron chi connectivity index (χ4n) is 3.49. The van der Waals surface area contributed by atoms with E-state index in [1.54, 1.807) is 5.01 Å². The molecule has 152 valence electrons. The first-order chi connectivity index (χ1) is 13.8. The van der Waals surface area contributed by atoms with Gasteiger partial charge < -0.3 is 5.32 Å². The van der Waals surface area contributed by atoms with Crippen molar-refractivity contribution >= 4 is 38.2 Å². The number of ketones is 1. The molecule has 1 fully saturated rings. The molecule has 0 radical (unpaired) electrons. The second-order valence-corrected chi connectivity index (χ2v) is 8.95. The van der Waals surface area contributed by atoms with Crippen molar-refractivity contribution in [2.24, 2.45) is 0 Å². The van der Waals surface area contributed by atoms with Gasteiger partial charge in [0.25, 0.3) is 0 Å². The molecule has 1 aromatic heterocycles. The first-order valence-electron chi connectivity index (χ1n) is 9.22. The van der Waals surface area contributed by atoms with E-state index >= 15 is 0 Å². The van der Waals surface area contributed by atoms with E-state index in [1.165, 1.54) is 22.3 Å². The summed E-state index contributed by atoms with van der Waals surface area (Å²) in [6.07, 6.45) is 1.19. The Labute approximate surface area is 168 Å². The topological polar surface area (TPSA) is 99.6 Å². The van der Waals surface area contributed by atoms with Gasteiger partial charge in [-0.15, -0.1) is 5.01 Å². The molecule has 0 unspecified atom stereocenters.